The Labute approximate surface area is 171 Å². The van der Waals surface area contributed by atoms with Crippen LogP contribution in [0.25, 0.3) is 0 Å². The van der Waals surface area contributed by atoms with Gasteiger partial charge in [0.15, 0.2) is 5.96 Å². The van der Waals surface area contributed by atoms with E-state index in [-0.39, 0.29) is 36.4 Å². The molecular weight excluding hydrogens is 443 g/mol. The molecular formula is C19H25IN4O2. The first kappa shape index (κ1) is 21.8. The Hall–Kier alpha value is -2.29. The van der Waals surface area contributed by atoms with Crippen molar-refractivity contribution in [2.24, 2.45) is 4.99 Å². The molecule has 26 heavy (non-hydrogen) atoms. The van der Waals surface area contributed by atoms with E-state index < -0.39 is 0 Å². The predicted molar refractivity (Wildman–Crippen MR) is 116 cm³/mol. The maximum Gasteiger partial charge on any atom is 0.243 e. The number of halogens is 1. The summed E-state index contributed by atoms with van der Waals surface area (Å²) in [5.74, 6) is 1.29. The molecule has 0 unspecified atom stereocenters. The zero-order valence-corrected chi connectivity index (χ0v) is 17.3. The molecule has 0 saturated heterocycles. The number of nitrogens with one attached hydrogen (secondary N) is 3. The van der Waals surface area contributed by atoms with Crippen molar-refractivity contribution in [3.63, 3.8) is 0 Å². The van der Waals surface area contributed by atoms with Crippen molar-refractivity contribution in [2.75, 3.05) is 25.5 Å². The molecule has 140 valence electrons. The van der Waals surface area contributed by atoms with Gasteiger partial charge in [-0.15, -0.1) is 24.0 Å². The molecule has 0 saturated carbocycles. The number of hydrogen-bond acceptors (Lipinski definition) is 3. The molecule has 0 aliphatic rings. The number of hydrogen-bond donors (Lipinski definition) is 3. The lowest BCUT2D eigenvalue weighted by atomic mass is 10.2. The van der Waals surface area contributed by atoms with Crippen molar-refractivity contribution in [1.82, 2.24) is 10.6 Å². The average molecular weight is 468 g/mol. The largest absolute Gasteiger partial charge is 0.497 e. The summed E-state index contributed by atoms with van der Waals surface area (Å²) in [4.78, 5) is 16.5. The number of carbonyl (C=O) groups excluding carboxylic acids is 1. The van der Waals surface area contributed by atoms with Crippen LogP contribution in [0.3, 0.4) is 0 Å². The van der Waals surface area contributed by atoms with Crippen LogP contribution in [0.5, 0.6) is 5.75 Å². The topological polar surface area (TPSA) is 74.8 Å². The summed E-state index contributed by atoms with van der Waals surface area (Å²) in [7, 11) is 1.64. The van der Waals surface area contributed by atoms with E-state index in [1.54, 1.807) is 7.11 Å². The summed E-state index contributed by atoms with van der Waals surface area (Å²) in [5, 5.41) is 8.99. The standard InChI is InChI=1S/C19H24N4O2.HI/c1-3-20-19(21-13-15-9-11-17(25-2)12-10-15)22-14-18(24)23-16-7-5-4-6-8-16;/h4-12H,3,13-14H2,1-2H3,(H,23,24)(H2,20,21,22);1H. The molecule has 1 amide bonds. The Kier molecular flexibility index (Phi) is 10.1. The summed E-state index contributed by atoms with van der Waals surface area (Å²) < 4.78 is 5.14. The van der Waals surface area contributed by atoms with E-state index in [9.17, 15) is 4.79 Å². The zero-order chi connectivity index (χ0) is 17.9. The minimum Gasteiger partial charge on any atom is -0.497 e. The summed E-state index contributed by atoms with van der Waals surface area (Å²) >= 11 is 0. The Bertz CT molecular complexity index is 690. The van der Waals surface area contributed by atoms with Crippen molar-refractivity contribution in [2.45, 2.75) is 13.5 Å². The summed E-state index contributed by atoms with van der Waals surface area (Å²) in [6.07, 6.45) is 0. The van der Waals surface area contributed by atoms with E-state index in [0.717, 1.165) is 23.5 Å². The summed E-state index contributed by atoms with van der Waals surface area (Å²) in [5.41, 5.74) is 1.83. The third kappa shape index (κ3) is 7.73. The number of para-hydroxylation sites is 1. The van der Waals surface area contributed by atoms with Gasteiger partial charge in [-0.25, -0.2) is 4.99 Å². The van der Waals surface area contributed by atoms with Gasteiger partial charge in [0.2, 0.25) is 5.91 Å². The number of methoxy groups -OCH3 is 1. The molecule has 0 atom stereocenters. The third-order valence-electron chi connectivity index (χ3n) is 3.40. The van der Waals surface area contributed by atoms with Gasteiger partial charge in [-0.3, -0.25) is 4.79 Å². The van der Waals surface area contributed by atoms with Crippen LogP contribution in [0.2, 0.25) is 0 Å². The van der Waals surface area contributed by atoms with E-state index in [4.69, 9.17) is 4.74 Å². The normalized spacial score (nSPS) is 10.5. The minimum absolute atomic E-state index is 0. The number of aliphatic imine (C=N–C) groups is 1. The zero-order valence-electron chi connectivity index (χ0n) is 15.0. The van der Waals surface area contributed by atoms with Crippen LogP contribution in [0, 0.1) is 0 Å². The molecule has 7 heteroatoms. The van der Waals surface area contributed by atoms with Crippen LogP contribution >= 0.6 is 24.0 Å². The van der Waals surface area contributed by atoms with Crippen LogP contribution < -0.4 is 20.7 Å². The van der Waals surface area contributed by atoms with Gasteiger partial charge < -0.3 is 20.7 Å². The highest BCUT2D eigenvalue weighted by Gasteiger charge is 2.04. The van der Waals surface area contributed by atoms with Crippen molar-refractivity contribution in [3.05, 3.63) is 60.2 Å². The average Bonchev–Trinajstić information content (AvgIpc) is 2.65. The number of guanidine groups is 1. The van der Waals surface area contributed by atoms with E-state index in [1.165, 1.54) is 0 Å². The maximum absolute atomic E-state index is 12.0. The Morgan fingerprint density at radius 3 is 2.35 bits per heavy atom. The second kappa shape index (κ2) is 12.1. The Morgan fingerprint density at radius 1 is 1.04 bits per heavy atom. The van der Waals surface area contributed by atoms with Crippen molar-refractivity contribution >= 4 is 41.5 Å². The molecule has 6 nitrogen and oxygen atoms in total. The Balaban J connectivity index is 0.00000338. The van der Waals surface area contributed by atoms with Gasteiger partial charge in [-0.05, 0) is 36.8 Å². The first-order valence-corrected chi connectivity index (χ1v) is 8.21. The molecule has 0 bridgehead atoms. The number of benzene rings is 2. The number of amides is 1. The molecule has 0 aliphatic heterocycles. The molecule has 0 heterocycles. The van der Waals surface area contributed by atoms with Crippen LogP contribution in [0.4, 0.5) is 5.69 Å². The molecule has 3 N–H and O–H groups in total. The number of rotatable bonds is 7. The van der Waals surface area contributed by atoms with Gasteiger partial charge in [-0.1, -0.05) is 30.3 Å². The number of ether oxygens (including phenoxy) is 1. The van der Waals surface area contributed by atoms with Crippen molar-refractivity contribution in [1.29, 1.82) is 0 Å². The summed E-state index contributed by atoms with van der Waals surface area (Å²) in [6.45, 7) is 3.35. The van der Waals surface area contributed by atoms with Crippen LogP contribution in [0.1, 0.15) is 12.5 Å². The molecule has 0 aliphatic carbocycles. The lowest BCUT2D eigenvalue weighted by Crippen LogP contribution is -2.41. The van der Waals surface area contributed by atoms with Gasteiger partial charge >= 0.3 is 0 Å². The monoisotopic (exact) mass is 468 g/mol. The van der Waals surface area contributed by atoms with E-state index in [0.29, 0.717) is 12.5 Å². The minimum atomic E-state index is -0.124. The second-order valence-electron chi connectivity index (χ2n) is 5.31. The summed E-state index contributed by atoms with van der Waals surface area (Å²) in [6, 6.07) is 17.1. The van der Waals surface area contributed by atoms with Gasteiger partial charge in [0.25, 0.3) is 0 Å². The lowest BCUT2D eigenvalue weighted by Gasteiger charge is -2.11. The smallest absolute Gasteiger partial charge is 0.243 e. The van der Waals surface area contributed by atoms with Crippen molar-refractivity contribution in [3.8, 4) is 5.75 Å². The molecule has 0 aromatic heterocycles. The molecule has 0 radical (unpaired) electrons. The highest BCUT2D eigenvalue weighted by Crippen LogP contribution is 2.11. The maximum atomic E-state index is 12.0. The van der Waals surface area contributed by atoms with Gasteiger partial charge in [0.05, 0.1) is 20.2 Å². The first-order chi connectivity index (χ1) is 12.2. The fourth-order valence-corrected chi connectivity index (χ4v) is 2.13. The fraction of sp³-hybridized carbons (Fsp3) is 0.263. The number of anilines is 1. The molecule has 2 aromatic rings. The van der Waals surface area contributed by atoms with Gasteiger partial charge in [-0.2, -0.15) is 0 Å². The molecule has 2 rings (SSSR count). The highest BCUT2D eigenvalue weighted by molar-refractivity contribution is 14.0. The quantitative estimate of drug-likeness (QED) is 0.332. The number of carbonyl (C=O) groups is 1. The van der Waals surface area contributed by atoms with E-state index >= 15 is 0 Å². The third-order valence-corrected chi connectivity index (χ3v) is 3.40. The molecule has 0 fully saturated rings. The van der Waals surface area contributed by atoms with E-state index in [1.807, 2.05) is 61.5 Å². The van der Waals surface area contributed by atoms with Crippen LogP contribution in [-0.2, 0) is 11.3 Å². The second-order valence-corrected chi connectivity index (χ2v) is 5.31. The van der Waals surface area contributed by atoms with Gasteiger partial charge in [0, 0.05) is 12.2 Å². The Morgan fingerprint density at radius 2 is 1.73 bits per heavy atom. The highest BCUT2D eigenvalue weighted by atomic mass is 127. The lowest BCUT2D eigenvalue weighted by molar-refractivity contribution is -0.115. The predicted octanol–water partition coefficient (Wildman–Crippen LogP) is 3.01. The molecule has 0 spiro atoms. The van der Waals surface area contributed by atoms with E-state index in [2.05, 4.69) is 20.9 Å². The number of nitrogens with zero attached hydrogens (tertiary/aromatic N) is 1. The fourth-order valence-electron chi connectivity index (χ4n) is 2.13. The molecule has 2 aromatic carbocycles. The van der Waals surface area contributed by atoms with Crippen molar-refractivity contribution < 1.29 is 9.53 Å². The van der Waals surface area contributed by atoms with Gasteiger partial charge in [0.1, 0.15) is 5.75 Å². The van der Waals surface area contributed by atoms with Crippen LogP contribution in [-0.4, -0.2) is 32.1 Å². The first-order valence-electron chi connectivity index (χ1n) is 8.21. The van der Waals surface area contributed by atoms with Crippen LogP contribution in [0.15, 0.2) is 59.6 Å². The SMILES string of the molecule is CCNC(=NCc1ccc(OC)cc1)NCC(=O)Nc1ccccc1.I.